The Balaban J connectivity index is 2.06. The van der Waals surface area contributed by atoms with Gasteiger partial charge in [0.25, 0.3) is 10.0 Å². The van der Waals surface area contributed by atoms with E-state index in [2.05, 4.69) is 0 Å². The van der Waals surface area contributed by atoms with E-state index in [9.17, 15) is 13.2 Å². The molecular weight excluding hydrogens is 350 g/mol. The van der Waals surface area contributed by atoms with Crippen LogP contribution in [-0.4, -0.2) is 27.0 Å². The first-order chi connectivity index (χ1) is 12.3. The second kappa shape index (κ2) is 6.96. The first-order valence-electron chi connectivity index (χ1n) is 8.45. The van der Waals surface area contributed by atoms with E-state index < -0.39 is 16.0 Å². The molecule has 0 spiro atoms. The number of nitrogens with zero attached hydrogens (tertiary/aromatic N) is 1. The second-order valence-electron chi connectivity index (χ2n) is 6.21. The third kappa shape index (κ3) is 3.24. The maximum Gasteiger partial charge on any atom is 0.338 e. The summed E-state index contributed by atoms with van der Waals surface area (Å²) in [5, 5.41) is 0. The third-order valence-corrected chi connectivity index (χ3v) is 6.19. The number of benzene rings is 2. The largest absolute Gasteiger partial charge is 0.462 e. The molecule has 0 radical (unpaired) electrons. The molecule has 0 aliphatic carbocycles. The minimum atomic E-state index is -3.72. The van der Waals surface area contributed by atoms with Crippen molar-refractivity contribution in [2.75, 3.05) is 10.9 Å². The number of hydrogen-bond acceptors (Lipinski definition) is 4. The Labute approximate surface area is 154 Å². The summed E-state index contributed by atoms with van der Waals surface area (Å²) in [5.41, 5.74) is 2.62. The van der Waals surface area contributed by atoms with E-state index in [1.165, 1.54) is 4.31 Å². The molecule has 2 aromatic carbocycles. The van der Waals surface area contributed by atoms with Crippen molar-refractivity contribution >= 4 is 27.8 Å². The smallest absolute Gasteiger partial charge is 0.338 e. The van der Waals surface area contributed by atoms with Crippen LogP contribution in [0.5, 0.6) is 0 Å². The van der Waals surface area contributed by atoms with E-state index in [4.69, 9.17) is 4.74 Å². The molecule has 6 heteroatoms. The first kappa shape index (κ1) is 18.2. The Hall–Kier alpha value is -2.60. The molecule has 0 aromatic heterocycles. The van der Waals surface area contributed by atoms with Gasteiger partial charge in [-0.1, -0.05) is 29.8 Å². The average Bonchev–Trinajstić information content (AvgIpc) is 2.61. The maximum atomic E-state index is 13.2. The maximum absolute atomic E-state index is 13.2. The van der Waals surface area contributed by atoms with E-state index in [0.29, 0.717) is 16.8 Å². The number of rotatable bonds is 4. The lowest BCUT2D eigenvalue weighted by Gasteiger charge is -2.33. The van der Waals surface area contributed by atoms with Gasteiger partial charge in [0, 0.05) is 0 Å². The molecule has 5 nitrogen and oxygen atoms in total. The normalized spacial score (nSPS) is 16.3. The summed E-state index contributed by atoms with van der Waals surface area (Å²) in [6.07, 6.45) is 3.65. The van der Waals surface area contributed by atoms with Crippen LogP contribution in [0.15, 0.2) is 53.4 Å². The van der Waals surface area contributed by atoms with Crippen molar-refractivity contribution in [2.45, 2.75) is 31.7 Å². The highest BCUT2D eigenvalue weighted by molar-refractivity contribution is 7.92. The monoisotopic (exact) mass is 371 g/mol. The van der Waals surface area contributed by atoms with E-state index >= 15 is 0 Å². The summed E-state index contributed by atoms with van der Waals surface area (Å²) in [5.74, 6) is -0.421. The van der Waals surface area contributed by atoms with Crippen molar-refractivity contribution in [1.82, 2.24) is 0 Å². The van der Waals surface area contributed by atoms with E-state index in [-0.39, 0.29) is 17.5 Å². The summed E-state index contributed by atoms with van der Waals surface area (Å²) in [4.78, 5) is 12.2. The molecule has 3 rings (SSSR count). The Kier molecular flexibility index (Phi) is 4.87. The van der Waals surface area contributed by atoms with E-state index in [1.807, 2.05) is 26.0 Å². The van der Waals surface area contributed by atoms with Crippen LogP contribution in [0, 0.1) is 6.92 Å². The van der Waals surface area contributed by atoms with Gasteiger partial charge in [0.05, 0.1) is 28.8 Å². The first-order valence-corrected chi connectivity index (χ1v) is 9.89. The van der Waals surface area contributed by atoms with Gasteiger partial charge < -0.3 is 4.74 Å². The summed E-state index contributed by atoms with van der Waals surface area (Å²) in [6.45, 7) is 5.77. The molecule has 0 fully saturated rings. The Morgan fingerprint density at radius 2 is 1.85 bits per heavy atom. The van der Waals surface area contributed by atoms with Gasteiger partial charge in [0.15, 0.2) is 0 Å². The zero-order valence-corrected chi connectivity index (χ0v) is 15.8. The Morgan fingerprint density at radius 3 is 2.50 bits per heavy atom. The van der Waals surface area contributed by atoms with Crippen LogP contribution in [0.25, 0.3) is 6.08 Å². The Bertz CT molecular complexity index is 962. The molecule has 1 aliphatic heterocycles. The predicted octanol–water partition coefficient (Wildman–Crippen LogP) is 3.78. The van der Waals surface area contributed by atoms with Crippen molar-refractivity contribution in [3.8, 4) is 0 Å². The summed E-state index contributed by atoms with van der Waals surface area (Å²) in [6, 6.07) is 11.4. The molecule has 0 saturated heterocycles. The lowest BCUT2D eigenvalue weighted by molar-refractivity contribution is 0.0526. The van der Waals surface area contributed by atoms with Crippen molar-refractivity contribution in [3.63, 3.8) is 0 Å². The van der Waals surface area contributed by atoms with Crippen LogP contribution in [0.4, 0.5) is 5.69 Å². The molecule has 1 unspecified atom stereocenters. The predicted molar refractivity (Wildman–Crippen MR) is 102 cm³/mol. The molecule has 1 aliphatic rings. The van der Waals surface area contributed by atoms with Gasteiger partial charge in [-0.3, -0.25) is 4.31 Å². The van der Waals surface area contributed by atoms with Gasteiger partial charge in [-0.25, -0.2) is 13.2 Å². The number of anilines is 1. The highest BCUT2D eigenvalue weighted by atomic mass is 32.2. The topological polar surface area (TPSA) is 63.7 Å². The molecule has 0 N–H and O–H groups in total. The molecule has 0 amide bonds. The molecular formula is C20H21NO4S. The fraction of sp³-hybridized carbons (Fsp3) is 0.250. The number of fused-ring (bicyclic) bond motifs is 1. The fourth-order valence-electron chi connectivity index (χ4n) is 2.94. The van der Waals surface area contributed by atoms with Gasteiger partial charge >= 0.3 is 5.97 Å². The lowest BCUT2D eigenvalue weighted by Crippen LogP contribution is -2.39. The van der Waals surface area contributed by atoms with Crippen LogP contribution in [0.3, 0.4) is 0 Å². The average molecular weight is 371 g/mol. The zero-order chi connectivity index (χ0) is 18.9. The van der Waals surface area contributed by atoms with Gasteiger partial charge in [-0.2, -0.15) is 0 Å². The summed E-state index contributed by atoms with van der Waals surface area (Å²) >= 11 is 0. The highest BCUT2D eigenvalue weighted by Gasteiger charge is 2.32. The van der Waals surface area contributed by atoms with Crippen LogP contribution in [0.2, 0.25) is 0 Å². The lowest BCUT2D eigenvalue weighted by atomic mass is 10.0. The number of ether oxygens (including phenoxy) is 1. The number of carbonyl (C=O) groups excluding carboxylic acids is 1. The number of esters is 1. The van der Waals surface area contributed by atoms with Crippen LogP contribution in [0.1, 0.15) is 35.3 Å². The molecule has 0 bridgehead atoms. The number of carbonyl (C=O) groups is 1. The van der Waals surface area contributed by atoms with Crippen molar-refractivity contribution < 1.29 is 17.9 Å². The van der Waals surface area contributed by atoms with Crippen LogP contribution in [-0.2, 0) is 14.8 Å². The van der Waals surface area contributed by atoms with Gasteiger partial charge in [0.2, 0.25) is 0 Å². The molecule has 1 atom stereocenters. The van der Waals surface area contributed by atoms with Crippen molar-refractivity contribution in [3.05, 3.63) is 65.2 Å². The fourth-order valence-corrected chi connectivity index (χ4v) is 4.58. The molecule has 1 heterocycles. The van der Waals surface area contributed by atoms with Crippen LogP contribution < -0.4 is 4.31 Å². The summed E-state index contributed by atoms with van der Waals surface area (Å²) in [7, 11) is -3.72. The Morgan fingerprint density at radius 1 is 1.15 bits per heavy atom. The number of aryl methyl sites for hydroxylation is 1. The molecule has 0 saturated carbocycles. The van der Waals surface area contributed by atoms with E-state index in [0.717, 1.165) is 5.56 Å². The highest BCUT2D eigenvalue weighted by Crippen LogP contribution is 2.34. The van der Waals surface area contributed by atoms with Crippen molar-refractivity contribution in [1.29, 1.82) is 0 Å². The van der Waals surface area contributed by atoms with E-state index in [1.54, 1.807) is 49.4 Å². The van der Waals surface area contributed by atoms with Gasteiger partial charge in [0.1, 0.15) is 0 Å². The standard InChI is InChI=1S/C20H21NO4S/c1-4-25-20(22)17-9-12-19-16(13-17)8-7-15(3)21(19)26(23,24)18-10-5-14(2)6-11-18/h5-13,15H,4H2,1-3H3. The van der Waals surface area contributed by atoms with Gasteiger partial charge in [-0.05, 0) is 56.7 Å². The minimum absolute atomic E-state index is 0.241. The third-order valence-electron chi connectivity index (χ3n) is 4.28. The van der Waals surface area contributed by atoms with Gasteiger partial charge in [-0.15, -0.1) is 0 Å². The van der Waals surface area contributed by atoms with Crippen LogP contribution >= 0.6 is 0 Å². The summed E-state index contributed by atoms with van der Waals surface area (Å²) < 4.78 is 32.8. The zero-order valence-electron chi connectivity index (χ0n) is 15.0. The minimum Gasteiger partial charge on any atom is -0.462 e. The molecule has 136 valence electrons. The number of hydrogen-bond donors (Lipinski definition) is 0. The SMILES string of the molecule is CCOC(=O)c1ccc2c(c1)C=CC(C)N2S(=O)(=O)c1ccc(C)cc1. The quantitative estimate of drug-likeness (QED) is 0.767. The number of sulfonamides is 1. The van der Waals surface area contributed by atoms with Crippen molar-refractivity contribution in [2.24, 2.45) is 0 Å². The second-order valence-corrected chi connectivity index (χ2v) is 8.02. The molecule has 2 aromatic rings. The molecule has 26 heavy (non-hydrogen) atoms.